The molecule has 33 heavy (non-hydrogen) atoms. The van der Waals surface area contributed by atoms with Crippen LogP contribution in [0.3, 0.4) is 0 Å². The lowest BCUT2D eigenvalue weighted by Crippen LogP contribution is -2.24. The van der Waals surface area contributed by atoms with E-state index >= 15 is 0 Å². The predicted molar refractivity (Wildman–Crippen MR) is 127 cm³/mol. The Bertz CT molecular complexity index is 1380. The molecule has 0 radical (unpaired) electrons. The third-order valence-corrected chi connectivity index (χ3v) is 7.26. The number of fused-ring (bicyclic) bond motifs is 3. The molecule has 1 spiro atoms. The third kappa shape index (κ3) is 3.34. The van der Waals surface area contributed by atoms with Crippen LogP contribution in [0.15, 0.2) is 29.7 Å². The first kappa shape index (κ1) is 20.4. The molecule has 0 amide bonds. The highest BCUT2D eigenvalue weighted by molar-refractivity contribution is 7.98. The van der Waals surface area contributed by atoms with E-state index < -0.39 is 0 Å². The number of aromatic nitrogens is 5. The maximum absolute atomic E-state index is 14.4. The minimum absolute atomic E-state index is 0.146. The highest BCUT2D eigenvalue weighted by Gasteiger charge is 2.56. The lowest BCUT2D eigenvalue weighted by atomic mass is 10.1. The number of ether oxygens (including phenoxy) is 1. The minimum Gasteiger partial charge on any atom is -0.421 e. The molecule has 4 heterocycles. The van der Waals surface area contributed by atoms with E-state index in [1.165, 1.54) is 23.9 Å². The number of nitrogens with zero attached hydrogens (tertiary/aromatic N) is 5. The first-order valence-electron chi connectivity index (χ1n) is 10.7. The molecular weight excluding hydrogens is 443 g/mol. The second kappa shape index (κ2) is 7.42. The van der Waals surface area contributed by atoms with Crippen LogP contribution < -0.4 is 20.7 Å². The van der Waals surface area contributed by atoms with Gasteiger partial charge in [-0.05, 0) is 31.2 Å². The molecule has 1 saturated heterocycles. The van der Waals surface area contributed by atoms with Crippen LogP contribution in [0.4, 0.5) is 15.9 Å². The van der Waals surface area contributed by atoms with Crippen LogP contribution in [0, 0.1) is 11.2 Å². The molecule has 11 heteroatoms. The van der Waals surface area contributed by atoms with Gasteiger partial charge in [-0.25, -0.2) is 14.4 Å². The van der Waals surface area contributed by atoms with Gasteiger partial charge >= 0.3 is 6.01 Å². The first-order chi connectivity index (χ1) is 16.0. The van der Waals surface area contributed by atoms with Crippen molar-refractivity contribution in [3.05, 3.63) is 30.3 Å². The molecule has 1 unspecified atom stereocenters. The molecule has 9 nitrogen and oxygen atoms in total. The van der Waals surface area contributed by atoms with Crippen LogP contribution in [0.1, 0.15) is 12.8 Å². The Balaban J connectivity index is 1.50. The summed E-state index contributed by atoms with van der Waals surface area (Å²) in [4.78, 5) is 23.4. The molecule has 0 bridgehead atoms. The van der Waals surface area contributed by atoms with Gasteiger partial charge in [0.2, 0.25) is 0 Å². The number of halogens is 1. The van der Waals surface area contributed by atoms with E-state index in [2.05, 4.69) is 30.2 Å². The fourth-order valence-electron chi connectivity index (χ4n) is 4.79. The number of nitrogens with two attached hydrogens (primary N) is 1. The van der Waals surface area contributed by atoms with Gasteiger partial charge < -0.3 is 25.7 Å². The lowest BCUT2D eigenvalue weighted by Gasteiger charge is -2.19. The molecule has 1 saturated carbocycles. The summed E-state index contributed by atoms with van der Waals surface area (Å²) < 4.78 is 20.4. The summed E-state index contributed by atoms with van der Waals surface area (Å²) in [5.74, 6) is 0.831. The number of benzene rings is 1. The highest BCUT2D eigenvalue weighted by atomic mass is 32.2. The lowest BCUT2D eigenvalue weighted by molar-refractivity contribution is 0.438. The van der Waals surface area contributed by atoms with Crippen LogP contribution in [0.25, 0.3) is 21.9 Å². The summed E-state index contributed by atoms with van der Waals surface area (Å²) in [6.45, 7) is 1.64. The van der Waals surface area contributed by atoms with Crippen LogP contribution >= 0.6 is 11.8 Å². The molecule has 2 aliphatic rings. The summed E-state index contributed by atoms with van der Waals surface area (Å²) in [7, 11) is 1.76. The molecule has 2 atom stereocenters. The Morgan fingerprint density at radius 2 is 2.09 bits per heavy atom. The smallest absolute Gasteiger partial charge is 0.326 e. The molecular formula is C22H23FN8OS. The van der Waals surface area contributed by atoms with E-state index in [0.29, 0.717) is 28.1 Å². The standard InChI is InChI=1S/C22H23FN8OS/c1-25-14-6-11(23)5-13-16-18(28-17(13)14)29-20(32-12-8-26-21(33-2)27-9-12)30-19(16)31-4-3-22(10-31)7-15(22)24/h5-6,8-9,15,25H,3-4,7,10,24H2,1-2H3,(H,28,29,30)/t15-,22?/m0/s1. The van der Waals surface area contributed by atoms with E-state index in [0.717, 1.165) is 42.2 Å². The van der Waals surface area contributed by atoms with Crippen LogP contribution in [0.5, 0.6) is 11.8 Å². The summed E-state index contributed by atoms with van der Waals surface area (Å²) in [5, 5.41) is 5.21. The summed E-state index contributed by atoms with van der Waals surface area (Å²) in [6, 6.07) is 3.38. The quantitative estimate of drug-likeness (QED) is 0.300. The van der Waals surface area contributed by atoms with Crippen molar-refractivity contribution >= 4 is 45.2 Å². The summed E-state index contributed by atoms with van der Waals surface area (Å²) in [5.41, 5.74) is 8.38. The Kier molecular flexibility index (Phi) is 4.59. The van der Waals surface area contributed by atoms with Gasteiger partial charge in [-0.15, -0.1) is 0 Å². The van der Waals surface area contributed by atoms with Crippen molar-refractivity contribution in [2.45, 2.75) is 24.0 Å². The second-order valence-electron chi connectivity index (χ2n) is 8.66. The monoisotopic (exact) mass is 466 g/mol. The van der Waals surface area contributed by atoms with Crippen molar-refractivity contribution in [2.75, 3.05) is 36.6 Å². The Hall–Kier alpha value is -3.18. The minimum atomic E-state index is -0.327. The summed E-state index contributed by atoms with van der Waals surface area (Å²) in [6.07, 6.45) is 7.14. The average Bonchev–Trinajstić information content (AvgIpc) is 3.13. The zero-order chi connectivity index (χ0) is 22.7. The fraction of sp³-hybridized carbons (Fsp3) is 0.364. The van der Waals surface area contributed by atoms with E-state index in [9.17, 15) is 4.39 Å². The van der Waals surface area contributed by atoms with E-state index in [1.54, 1.807) is 19.4 Å². The van der Waals surface area contributed by atoms with E-state index in [4.69, 9.17) is 15.5 Å². The number of thioether (sulfide) groups is 1. The zero-order valence-electron chi connectivity index (χ0n) is 18.2. The number of rotatable bonds is 5. The number of hydrogen-bond donors (Lipinski definition) is 3. The van der Waals surface area contributed by atoms with Gasteiger partial charge in [-0.2, -0.15) is 9.97 Å². The molecule has 170 valence electrons. The number of hydrogen-bond acceptors (Lipinski definition) is 9. The molecule has 4 N–H and O–H groups in total. The fourth-order valence-corrected chi connectivity index (χ4v) is 5.11. The highest BCUT2D eigenvalue weighted by Crippen LogP contribution is 2.53. The maximum Gasteiger partial charge on any atom is 0.326 e. The topological polar surface area (TPSA) is 118 Å². The number of anilines is 2. The van der Waals surface area contributed by atoms with Crippen LogP contribution in [-0.2, 0) is 0 Å². The Morgan fingerprint density at radius 1 is 1.30 bits per heavy atom. The number of nitrogens with one attached hydrogen (secondary N) is 2. The van der Waals surface area contributed by atoms with Crippen molar-refractivity contribution in [2.24, 2.45) is 11.1 Å². The average molecular weight is 467 g/mol. The third-order valence-electron chi connectivity index (χ3n) is 6.69. The molecule has 6 rings (SSSR count). The molecule has 3 aromatic heterocycles. The van der Waals surface area contributed by atoms with Crippen molar-refractivity contribution < 1.29 is 9.13 Å². The largest absolute Gasteiger partial charge is 0.421 e. The number of H-pyrrole nitrogens is 1. The van der Waals surface area contributed by atoms with Crippen LogP contribution in [-0.4, -0.2) is 57.4 Å². The Morgan fingerprint density at radius 3 is 2.76 bits per heavy atom. The molecule has 1 aromatic carbocycles. The number of aromatic amines is 1. The van der Waals surface area contributed by atoms with Crippen molar-refractivity contribution in [1.29, 1.82) is 0 Å². The van der Waals surface area contributed by atoms with Gasteiger partial charge in [0.15, 0.2) is 10.9 Å². The van der Waals surface area contributed by atoms with Crippen molar-refractivity contribution in [3.8, 4) is 11.8 Å². The molecule has 1 aliphatic carbocycles. The van der Waals surface area contributed by atoms with Gasteiger partial charge in [0.25, 0.3) is 0 Å². The molecule has 4 aromatic rings. The molecule has 1 aliphatic heterocycles. The van der Waals surface area contributed by atoms with Gasteiger partial charge in [-0.3, -0.25) is 0 Å². The van der Waals surface area contributed by atoms with E-state index in [-0.39, 0.29) is 23.3 Å². The zero-order valence-corrected chi connectivity index (χ0v) is 19.0. The maximum atomic E-state index is 14.4. The van der Waals surface area contributed by atoms with Gasteiger partial charge in [0.1, 0.15) is 17.3 Å². The molecule has 2 fully saturated rings. The summed E-state index contributed by atoms with van der Waals surface area (Å²) >= 11 is 1.45. The van der Waals surface area contributed by atoms with Crippen molar-refractivity contribution in [3.63, 3.8) is 0 Å². The predicted octanol–water partition coefficient (Wildman–Crippen LogP) is 3.52. The van der Waals surface area contributed by atoms with Crippen LogP contribution in [0.2, 0.25) is 0 Å². The Labute approximate surface area is 193 Å². The van der Waals surface area contributed by atoms with Crippen molar-refractivity contribution in [1.82, 2.24) is 24.9 Å². The van der Waals surface area contributed by atoms with Gasteiger partial charge in [-0.1, -0.05) is 11.8 Å². The normalized spacial score (nSPS) is 21.9. The van der Waals surface area contributed by atoms with E-state index in [1.807, 2.05) is 6.26 Å². The second-order valence-corrected chi connectivity index (χ2v) is 9.43. The van der Waals surface area contributed by atoms with Gasteiger partial charge in [0.05, 0.1) is 29.0 Å². The SMILES string of the molecule is CNc1cc(F)cc2c1[nH]c1nc(Oc3cnc(SC)nc3)nc(N3CCC4(C[C@@H]4N)C3)c12. The van der Waals surface area contributed by atoms with Gasteiger partial charge in [0, 0.05) is 37.0 Å². The first-order valence-corrected chi connectivity index (χ1v) is 12.0.